The van der Waals surface area contributed by atoms with E-state index in [2.05, 4.69) is 11.6 Å². The van der Waals surface area contributed by atoms with Gasteiger partial charge in [-0.05, 0) is 44.1 Å². The first-order valence-electron chi connectivity index (χ1n) is 5.32. The van der Waals surface area contributed by atoms with Gasteiger partial charge in [-0.1, -0.05) is 12.7 Å². The van der Waals surface area contributed by atoms with Gasteiger partial charge in [-0.25, -0.2) is 0 Å². The van der Waals surface area contributed by atoms with E-state index in [1.54, 1.807) is 6.20 Å². The second kappa shape index (κ2) is 5.76. The van der Waals surface area contributed by atoms with Crippen LogP contribution in [-0.2, 0) is 0 Å². The maximum atomic E-state index is 5.84. The maximum absolute atomic E-state index is 5.84. The smallest absolute Gasteiger partial charge is 0.0296 e. The molecule has 0 bridgehead atoms. The number of hydrogen-bond acceptors (Lipinski definition) is 2. The second-order valence-electron chi connectivity index (χ2n) is 3.95. The number of aliphatic imine (C=N–C) groups is 1. The van der Waals surface area contributed by atoms with Gasteiger partial charge < -0.3 is 5.73 Å². The SMILES string of the molecule is C=C(C=N/C=C\C)C1CCC(N)CC1. The van der Waals surface area contributed by atoms with Crippen molar-refractivity contribution in [1.82, 2.24) is 0 Å². The Morgan fingerprint density at radius 1 is 1.36 bits per heavy atom. The molecule has 0 unspecified atom stereocenters. The first-order chi connectivity index (χ1) is 6.74. The van der Waals surface area contributed by atoms with E-state index in [1.165, 1.54) is 12.8 Å². The Labute approximate surface area is 86.6 Å². The molecule has 1 rings (SSSR count). The Hall–Kier alpha value is -0.890. The van der Waals surface area contributed by atoms with E-state index in [1.807, 2.05) is 19.2 Å². The lowest BCUT2D eigenvalue weighted by atomic mass is 9.82. The van der Waals surface area contributed by atoms with Crippen molar-refractivity contribution in [2.45, 2.75) is 38.6 Å². The number of hydrogen-bond donors (Lipinski definition) is 1. The summed E-state index contributed by atoms with van der Waals surface area (Å²) in [6.07, 6.45) is 10.2. The Morgan fingerprint density at radius 3 is 2.57 bits per heavy atom. The van der Waals surface area contributed by atoms with Crippen molar-refractivity contribution in [2.75, 3.05) is 0 Å². The second-order valence-corrected chi connectivity index (χ2v) is 3.95. The lowest BCUT2D eigenvalue weighted by Crippen LogP contribution is -2.27. The number of allylic oxidation sites excluding steroid dienone is 2. The van der Waals surface area contributed by atoms with Gasteiger partial charge in [0.1, 0.15) is 0 Å². The van der Waals surface area contributed by atoms with Crippen molar-refractivity contribution in [2.24, 2.45) is 16.6 Å². The predicted octanol–water partition coefficient (Wildman–Crippen LogP) is 2.66. The fraction of sp³-hybridized carbons (Fsp3) is 0.583. The van der Waals surface area contributed by atoms with Gasteiger partial charge >= 0.3 is 0 Å². The van der Waals surface area contributed by atoms with Gasteiger partial charge in [0.15, 0.2) is 0 Å². The van der Waals surface area contributed by atoms with E-state index >= 15 is 0 Å². The molecule has 2 N–H and O–H groups in total. The van der Waals surface area contributed by atoms with Crippen molar-refractivity contribution >= 4 is 6.21 Å². The molecule has 0 amide bonds. The van der Waals surface area contributed by atoms with Crippen LogP contribution in [0.25, 0.3) is 0 Å². The number of nitrogens with two attached hydrogens (primary N) is 1. The minimum atomic E-state index is 0.409. The molecule has 1 aliphatic rings. The molecule has 0 aromatic carbocycles. The summed E-state index contributed by atoms with van der Waals surface area (Å²) >= 11 is 0. The molecule has 1 aliphatic carbocycles. The molecule has 0 saturated heterocycles. The average Bonchev–Trinajstić information content (AvgIpc) is 2.19. The third kappa shape index (κ3) is 3.46. The summed E-state index contributed by atoms with van der Waals surface area (Å²) in [6.45, 7) is 6.01. The van der Waals surface area contributed by atoms with Crippen LogP contribution in [0.2, 0.25) is 0 Å². The van der Waals surface area contributed by atoms with Crippen LogP contribution in [0.4, 0.5) is 0 Å². The van der Waals surface area contributed by atoms with Gasteiger partial charge in [0.25, 0.3) is 0 Å². The number of rotatable bonds is 3. The molecule has 0 aromatic rings. The highest BCUT2D eigenvalue weighted by atomic mass is 14.7. The molecule has 2 nitrogen and oxygen atoms in total. The quantitative estimate of drug-likeness (QED) is 0.686. The first kappa shape index (κ1) is 11.2. The van der Waals surface area contributed by atoms with Gasteiger partial charge in [0, 0.05) is 18.5 Å². The fourth-order valence-corrected chi connectivity index (χ4v) is 1.82. The third-order valence-electron chi connectivity index (χ3n) is 2.77. The molecular weight excluding hydrogens is 172 g/mol. The normalized spacial score (nSPS) is 28.7. The molecule has 0 radical (unpaired) electrons. The fourth-order valence-electron chi connectivity index (χ4n) is 1.82. The zero-order valence-electron chi connectivity index (χ0n) is 8.95. The molecule has 2 heteroatoms. The standard InChI is InChI=1S/C12H20N2/c1-3-8-14-9-10(2)11-4-6-12(13)7-5-11/h3,8-9,11-12H,2,4-7,13H2,1H3/b8-3-,14-9?. The summed E-state index contributed by atoms with van der Waals surface area (Å²) in [5.41, 5.74) is 6.99. The largest absolute Gasteiger partial charge is 0.328 e. The van der Waals surface area contributed by atoms with Crippen LogP contribution in [-0.4, -0.2) is 12.3 Å². The highest BCUT2D eigenvalue weighted by molar-refractivity contribution is 5.78. The molecule has 0 atom stereocenters. The molecular formula is C12H20N2. The summed E-state index contributed by atoms with van der Waals surface area (Å²) < 4.78 is 0. The molecule has 78 valence electrons. The van der Waals surface area contributed by atoms with Gasteiger partial charge in [-0.15, -0.1) is 0 Å². The van der Waals surface area contributed by atoms with Crippen LogP contribution in [0.1, 0.15) is 32.6 Å². The highest BCUT2D eigenvalue weighted by Crippen LogP contribution is 2.27. The molecule has 0 heterocycles. The van der Waals surface area contributed by atoms with E-state index in [0.29, 0.717) is 12.0 Å². The van der Waals surface area contributed by atoms with Gasteiger partial charge in [0.2, 0.25) is 0 Å². The van der Waals surface area contributed by atoms with E-state index in [0.717, 1.165) is 18.4 Å². The van der Waals surface area contributed by atoms with Crippen molar-refractivity contribution in [1.29, 1.82) is 0 Å². The Bertz CT molecular complexity index is 233. The van der Waals surface area contributed by atoms with E-state index in [9.17, 15) is 0 Å². The third-order valence-corrected chi connectivity index (χ3v) is 2.77. The van der Waals surface area contributed by atoms with Crippen LogP contribution in [0.3, 0.4) is 0 Å². The monoisotopic (exact) mass is 192 g/mol. The Kier molecular flexibility index (Phi) is 4.60. The summed E-state index contributed by atoms with van der Waals surface area (Å²) in [7, 11) is 0. The van der Waals surface area contributed by atoms with Crippen molar-refractivity contribution < 1.29 is 0 Å². The van der Waals surface area contributed by atoms with Crippen LogP contribution in [0, 0.1) is 5.92 Å². The molecule has 1 saturated carbocycles. The summed E-state index contributed by atoms with van der Waals surface area (Å²) in [5, 5.41) is 0. The first-order valence-corrected chi connectivity index (χ1v) is 5.32. The Morgan fingerprint density at radius 2 is 2.00 bits per heavy atom. The van der Waals surface area contributed by atoms with Crippen LogP contribution < -0.4 is 5.73 Å². The molecule has 0 aliphatic heterocycles. The summed E-state index contributed by atoms with van der Waals surface area (Å²) in [5.74, 6) is 0.601. The molecule has 1 fully saturated rings. The lowest BCUT2D eigenvalue weighted by Gasteiger charge is -2.26. The highest BCUT2D eigenvalue weighted by Gasteiger charge is 2.19. The van der Waals surface area contributed by atoms with Crippen LogP contribution >= 0.6 is 0 Å². The predicted molar refractivity (Wildman–Crippen MR) is 62.4 cm³/mol. The average molecular weight is 192 g/mol. The van der Waals surface area contributed by atoms with Crippen molar-refractivity contribution in [3.63, 3.8) is 0 Å². The minimum absolute atomic E-state index is 0.409. The molecule has 0 aromatic heterocycles. The van der Waals surface area contributed by atoms with Gasteiger partial charge in [-0.3, -0.25) is 4.99 Å². The maximum Gasteiger partial charge on any atom is 0.0296 e. The summed E-state index contributed by atoms with van der Waals surface area (Å²) in [6, 6.07) is 0.409. The van der Waals surface area contributed by atoms with Crippen LogP contribution in [0.5, 0.6) is 0 Å². The van der Waals surface area contributed by atoms with Gasteiger partial charge in [-0.2, -0.15) is 0 Å². The zero-order chi connectivity index (χ0) is 10.4. The minimum Gasteiger partial charge on any atom is -0.328 e. The van der Waals surface area contributed by atoms with Crippen LogP contribution in [0.15, 0.2) is 29.4 Å². The van der Waals surface area contributed by atoms with Crippen molar-refractivity contribution in [3.05, 3.63) is 24.4 Å². The number of nitrogens with zero attached hydrogens (tertiary/aromatic N) is 1. The molecule has 0 spiro atoms. The summed E-state index contributed by atoms with van der Waals surface area (Å²) in [4.78, 5) is 4.15. The zero-order valence-corrected chi connectivity index (χ0v) is 8.95. The lowest BCUT2D eigenvalue weighted by molar-refractivity contribution is 0.370. The van der Waals surface area contributed by atoms with E-state index in [-0.39, 0.29) is 0 Å². The molecule has 14 heavy (non-hydrogen) atoms. The van der Waals surface area contributed by atoms with E-state index in [4.69, 9.17) is 5.73 Å². The van der Waals surface area contributed by atoms with Gasteiger partial charge in [0.05, 0.1) is 0 Å². The Balaban J connectivity index is 2.38. The van der Waals surface area contributed by atoms with Crippen molar-refractivity contribution in [3.8, 4) is 0 Å². The topological polar surface area (TPSA) is 38.4 Å². The van der Waals surface area contributed by atoms with E-state index < -0.39 is 0 Å².